The SMILES string of the molecule is CC(C)CNCc1nc(-c2ccc(Cl)c([N+](=O)[O-])c2)cs1. The second-order valence-electron chi connectivity index (χ2n) is 5.07. The number of nitro groups is 1. The van der Waals surface area contributed by atoms with Gasteiger partial charge in [-0.05, 0) is 18.5 Å². The van der Waals surface area contributed by atoms with E-state index < -0.39 is 4.92 Å². The minimum Gasteiger partial charge on any atom is -0.310 e. The van der Waals surface area contributed by atoms with Gasteiger partial charge in [0.25, 0.3) is 5.69 Å². The average molecular weight is 326 g/mol. The predicted octanol–water partition coefficient (Wildman–Crippen LogP) is 4.12. The molecule has 1 N–H and O–H groups in total. The number of nitrogens with one attached hydrogen (secondary N) is 1. The molecule has 0 aliphatic heterocycles. The van der Waals surface area contributed by atoms with Crippen LogP contribution in [0.4, 0.5) is 5.69 Å². The molecular weight excluding hydrogens is 310 g/mol. The molecule has 0 saturated heterocycles. The minimum absolute atomic E-state index is 0.0957. The molecule has 1 heterocycles. The molecule has 21 heavy (non-hydrogen) atoms. The number of hydrogen-bond acceptors (Lipinski definition) is 5. The van der Waals surface area contributed by atoms with Crippen LogP contribution < -0.4 is 5.32 Å². The zero-order valence-electron chi connectivity index (χ0n) is 11.8. The lowest BCUT2D eigenvalue weighted by Gasteiger charge is -2.04. The van der Waals surface area contributed by atoms with Gasteiger partial charge in [-0.15, -0.1) is 11.3 Å². The van der Waals surface area contributed by atoms with Crippen molar-refractivity contribution in [3.63, 3.8) is 0 Å². The van der Waals surface area contributed by atoms with Crippen molar-refractivity contribution in [3.05, 3.63) is 43.7 Å². The molecule has 0 saturated carbocycles. The zero-order valence-corrected chi connectivity index (χ0v) is 13.4. The van der Waals surface area contributed by atoms with E-state index in [4.69, 9.17) is 11.6 Å². The lowest BCUT2D eigenvalue weighted by molar-refractivity contribution is -0.384. The first-order valence-electron chi connectivity index (χ1n) is 6.57. The Kier molecular flexibility index (Phi) is 5.27. The Balaban J connectivity index is 2.14. The van der Waals surface area contributed by atoms with E-state index in [0.29, 0.717) is 18.0 Å². The Hall–Kier alpha value is -1.50. The van der Waals surface area contributed by atoms with Crippen LogP contribution in [0.2, 0.25) is 5.02 Å². The number of nitro benzene ring substituents is 1. The van der Waals surface area contributed by atoms with Crippen LogP contribution in [0.25, 0.3) is 11.3 Å². The molecule has 5 nitrogen and oxygen atoms in total. The van der Waals surface area contributed by atoms with Gasteiger partial charge in [0.2, 0.25) is 0 Å². The first-order chi connectivity index (χ1) is 9.97. The molecule has 2 aromatic rings. The van der Waals surface area contributed by atoms with Gasteiger partial charge in [-0.2, -0.15) is 0 Å². The fourth-order valence-electron chi connectivity index (χ4n) is 1.80. The van der Waals surface area contributed by atoms with E-state index in [1.165, 1.54) is 23.5 Å². The Morgan fingerprint density at radius 1 is 1.48 bits per heavy atom. The van der Waals surface area contributed by atoms with E-state index in [-0.39, 0.29) is 10.7 Å². The average Bonchev–Trinajstić information content (AvgIpc) is 2.87. The Bertz CT molecular complexity index is 643. The molecule has 1 aromatic heterocycles. The third-order valence-corrected chi connectivity index (χ3v) is 3.99. The molecular formula is C14H16ClN3O2S. The summed E-state index contributed by atoms with van der Waals surface area (Å²) in [6, 6.07) is 4.74. The lowest BCUT2D eigenvalue weighted by atomic mass is 10.1. The highest BCUT2D eigenvalue weighted by Gasteiger charge is 2.14. The third-order valence-electron chi connectivity index (χ3n) is 2.82. The van der Waals surface area contributed by atoms with Gasteiger partial charge in [-0.3, -0.25) is 10.1 Å². The fourth-order valence-corrected chi connectivity index (χ4v) is 2.76. The molecule has 0 atom stereocenters. The largest absolute Gasteiger partial charge is 0.310 e. The van der Waals surface area contributed by atoms with Crippen LogP contribution in [0.15, 0.2) is 23.6 Å². The van der Waals surface area contributed by atoms with Crippen LogP contribution in [-0.4, -0.2) is 16.5 Å². The quantitative estimate of drug-likeness (QED) is 0.641. The number of halogens is 1. The molecule has 0 amide bonds. The van der Waals surface area contributed by atoms with Gasteiger partial charge >= 0.3 is 0 Å². The predicted molar refractivity (Wildman–Crippen MR) is 85.8 cm³/mol. The highest BCUT2D eigenvalue weighted by molar-refractivity contribution is 7.09. The monoisotopic (exact) mass is 325 g/mol. The highest BCUT2D eigenvalue weighted by atomic mass is 35.5. The summed E-state index contributed by atoms with van der Waals surface area (Å²) in [5, 5.41) is 17.2. The van der Waals surface area contributed by atoms with Crippen LogP contribution in [0.3, 0.4) is 0 Å². The highest BCUT2D eigenvalue weighted by Crippen LogP contribution is 2.30. The molecule has 0 fully saturated rings. The normalized spacial score (nSPS) is 11.0. The summed E-state index contributed by atoms with van der Waals surface area (Å²) >= 11 is 7.35. The van der Waals surface area contributed by atoms with Crippen LogP contribution in [0, 0.1) is 16.0 Å². The van der Waals surface area contributed by atoms with Gasteiger partial charge in [-0.1, -0.05) is 31.5 Å². The Morgan fingerprint density at radius 2 is 2.24 bits per heavy atom. The molecule has 0 bridgehead atoms. The molecule has 0 spiro atoms. The van der Waals surface area contributed by atoms with Gasteiger partial charge in [-0.25, -0.2) is 4.98 Å². The maximum atomic E-state index is 10.9. The smallest absolute Gasteiger partial charge is 0.288 e. The van der Waals surface area contributed by atoms with Crippen molar-refractivity contribution in [1.82, 2.24) is 10.3 Å². The topological polar surface area (TPSA) is 68.1 Å². The fraction of sp³-hybridized carbons (Fsp3) is 0.357. The van der Waals surface area contributed by atoms with E-state index >= 15 is 0 Å². The van der Waals surface area contributed by atoms with Crippen LogP contribution in [-0.2, 0) is 6.54 Å². The summed E-state index contributed by atoms with van der Waals surface area (Å²) in [5.41, 5.74) is 1.35. The first-order valence-corrected chi connectivity index (χ1v) is 7.82. The summed E-state index contributed by atoms with van der Waals surface area (Å²) < 4.78 is 0. The summed E-state index contributed by atoms with van der Waals surface area (Å²) in [5.74, 6) is 0.586. The van der Waals surface area contributed by atoms with Crippen molar-refractivity contribution in [2.24, 2.45) is 5.92 Å². The molecule has 7 heteroatoms. The molecule has 0 aliphatic rings. The van der Waals surface area contributed by atoms with Gasteiger partial charge in [0, 0.05) is 23.6 Å². The van der Waals surface area contributed by atoms with Crippen molar-refractivity contribution in [1.29, 1.82) is 0 Å². The molecule has 2 rings (SSSR count). The van der Waals surface area contributed by atoms with Gasteiger partial charge in [0.05, 0.1) is 10.6 Å². The Labute approximate surface area is 132 Å². The second-order valence-corrected chi connectivity index (χ2v) is 6.42. The summed E-state index contributed by atoms with van der Waals surface area (Å²) in [6.45, 7) is 5.93. The summed E-state index contributed by atoms with van der Waals surface area (Å²) in [7, 11) is 0. The van der Waals surface area contributed by atoms with Crippen molar-refractivity contribution in [3.8, 4) is 11.3 Å². The molecule has 112 valence electrons. The number of hydrogen-bond donors (Lipinski definition) is 1. The van der Waals surface area contributed by atoms with E-state index in [1.807, 2.05) is 5.38 Å². The Morgan fingerprint density at radius 3 is 2.90 bits per heavy atom. The van der Waals surface area contributed by atoms with E-state index in [0.717, 1.165) is 17.2 Å². The maximum absolute atomic E-state index is 10.9. The molecule has 0 aliphatic carbocycles. The standard InChI is InChI=1S/C14H16ClN3O2S/c1-9(2)6-16-7-14-17-12(8-21-14)10-3-4-11(15)13(5-10)18(19)20/h3-5,8-9,16H,6-7H2,1-2H3. The lowest BCUT2D eigenvalue weighted by Crippen LogP contribution is -2.18. The molecule has 1 aromatic carbocycles. The van der Waals surface area contributed by atoms with Gasteiger partial charge in [0.1, 0.15) is 10.0 Å². The van der Waals surface area contributed by atoms with Crippen molar-refractivity contribution in [2.45, 2.75) is 20.4 Å². The summed E-state index contributed by atoms with van der Waals surface area (Å²) in [4.78, 5) is 14.9. The van der Waals surface area contributed by atoms with Crippen molar-refractivity contribution in [2.75, 3.05) is 6.54 Å². The van der Waals surface area contributed by atoms with Crippen LogP contribution in [0.1, 0.15) is 18.9 Å². The minimum atomic E-state index is -0.483. The number of benzene rings is 1. The number of aromatic nitrogens is 1. The molecule has 0 radical (unpaired) electrons. The van der Waals surface area contributed by atoms with Crippen LogP contribution in [0.5, 0.6) is 0 Å². The second kappa shape index (κ2) is 6.98. The summed E-state index contributed by atoms with van der Waals surface area (Å²) in [6.07, 6.45) is 0. The van der Waals surface area contributed by atoms with E-state index in [1.54, 1.807) is 6.07 Å². The van der Waals surface area contributed by atoms with Gasteiger partial charge < -0.3 is 5.32 Å². The first kappa shape index (κ1) is 15.9. The molecule has 0 unspecified atom stereocenters. The van der Waals surface area contributed by atoms with Crippen molar-refractivity contribution >= 4 is 28.6 Å². The van der Waals surface area contributed by atoms with E-state index in [2.05, 4.69) is 24.1 Å². The van der Waals surface area contributed by atoms with Crippen molar-refractivity contribution < 1.29 is 4.92 Å². The number of nitrogens with zero attached hydrogens (tertiary/aromatic N) is 2. The third kappa shape index (κ3) is 4.23. The van der Waals surface area contributed by atoms with Crippen LogP contribution >= 0.6 is 22.9 Å². The van der Waals surface area contributed by atoms with E-state index in [9.17, 15) is 10.1 Å². The number of rotatable bonds is 6. The number of thiazole rings is 1. The maximum Gasteiger partial charge on any atom is 0.288 e. The zero-order chi connectivity index (χ0) is 15.4. The van der Waals surface area contributed by atoms with Gasteiger partial charge in [0.15, 0.2) is 0 Å².